The van der Waals surface area contributed by atoms with E-state index in [0.29, 0.717) is 24.8 Å². The number of aryl methyl sites for hydroxylation is 1. The van der Waals surface area contributed by atoms with Crippen molar-refractivity contribution >= 4 is 30.7 Å². The Hall–Kier alpha value is -0.850. The summed E-state index contributed by atoms with van der Waals surface area (Å²) in [6, 6.07) is 0. The number of nitrogens with one attached hydrogen (secondary N) is 2. The molecule has 1 aromatic rings. The van der Waals surface area contributed by atoms with Gasteiger partial charge >= 0.3 is 0 Å². The van der Waals surface area contributed by atoms with E-state index in [0.717, 1.165) is 25.5 Å². The first-order valence-corrected chi connectivity index (χ1v) is 7.54. The molecule has 8 heteroatoms. The van der Waals surface area contributed by atoms with Crippen molar-refractivity contribution in [2.24, 2.45) is 11.8 Å². The van der Waals surface area contributed by atoms with Crippen LogP contribution in [0, 0.1) is 11.8 Å². The second-order valence-electron chi connectivity index (χ2n) is 5.60. The molecule has 22 heavy (non-hydrogen) atoms. The van der Waals surface area contributed by atoms with Gasteiger partial charge < -0.3 is 15.2 Å². The molecule has 2 rings (SSSR count). The average Bonchev–Trinajstić information content (AvgIpc) is 2.93. The minimum Gasteiger partial charge on any atom is -0.349 e. The summed E-state index contributed by atoms with van der Waals surface area (Å²) >= 11 is 0. The van der Waals surface area contributed by atoms with E-state index < -0.39 is 0 Å². The number of hydrogen-bond acceptors (Lipinski definition) is 4. The Kier molecular flexibility index (Phi) is 10.4. The molecule has 1 aromatic heterocycles. The molecular weight excluding hydrogens is 325 g/mol. The van der Waals surface area contributed by atoms with E-state index in [4.69, 9.17) is 0 Å². The van der Waals surface area contributed by atoms with E-state index in [1.165, 1.54) is 12.8 Å². The minimum absolute atomic E-state index is 0. The van der Waals surface area contributed by atoms with E-state index in [-0.39, 0.29) is 30.7 Å². The predicted molar refractivity (Wildman–Crippen MR) is 91.4 cm³/mol. The van der Waals surface area contributed by atoms with Crippen LogP contribution in [0.3, 0.4) is 0 Å². The maximum Gasteiger partial charge on any atom is 0.220 e. The van der Waals surface area contributed by atoms with Gasteiger partial charge in [0.15, 0.2) is 5.82 Å². The van der Waals surface area contributed by atoms with Crippen molar-refractivity contribution in [1.82, 2.24) is 25.4 Å². The van der Waals surface area contributed by atoms with Gasteiger partial charge in [-0.2, -0.15) is 0 Å². The molecule has 0 aromatic carbocycles. The van der Waals surface area contributed by atoms with E-state index in [9.17, 15) is 4.79 Å². The first kappa shape index (κ1) is 21.1. The van der Waals surface area contributed by atoms with E-state index in [1.54, 1.807) is 6.33 Å². The summed E-state index contributed by atoms with van der Waals surface area (Å²) in [5, 5.41) is 14.2. The van der Waals surface area contributed by atoms with Crippen molar-refractivity contribution in [1.29, 1.82) is 0 Å². The van der Waals surface area contributed by atoms with Crippen LogP contribution in [0.25, 0.3) is 0 Å². The highest BCUT2D eigenvalue weighted by Gasteiger charge is 2.22. The molecule has 1 saturated heterocycles. The lowest BCUT2D eigenvalue weighted by Gasteiger charge is -2.28. The van der Waals surface area contributed by atoms with Gasteiger partial charge in [0, 0.05) is 13.0 Å². The number of carbonyl (C=O) groups excluding carboxylic acids is 1. The molecule has 0 spiro atoms. The first-order valence-electron chi connectivity index (χ1n) is 7.54. The fourth-order valence-electron chi connectivity index (χ4n) is 2.75. The molecule has 128 valence electrons. The molecule has 2 atom stereocenters. The zero-order valence-electron chi connectivity index (χ0n) is 13.2. The summed E-state index contributed by atoms with van der Waals surface area (Å²) in [6.07, 6.45) is 4.73. The minimum atomic E-state index is 0. The van der Waals surface area contributed by atoms with Crippen molar-refractivity contribution in [3.05, 3.63) is 12.2 Å². The zero-order chi connectivity index (χ0) is 14.4. The number of halogens is 2. The number of nitrogens with zero attached hydrogens (tertiary/aromatic N) is 3. The van der Waals surface area contributed by atoms with Gasteiger partial charge in [-0.15, -0.1) is 35.0 Å². The molecular formula is C14H27Cl2N5O. The van der Waals surface area contributed by atoms with Crippen LogP contribution in [0.4, 0.5) is 0 Å². The molecule has 2 unspecified atom stereocenters. The lowest BCUT2D eigenvalue weighted by atomic mass is 9.85. The Morgan fingerprint density at radius 1 is 1.55 bits per heavy atom. The summed E-state index contributed by atoms with van der Waals surface area (Å²) < 4.78 is 1.94. The van der Waals surface area contributed by atoms with Crippen molar-refractivity contribution in [3.8, 4) is 0 Å². The molecule has 2 heterocycles. The van der Waals surface area contributed by atoms with Crippen LogP contribution in [0.1, 0.15) is 38.9 Å². The number of piperidine rings is 1. The van der Waals surface area contributed by atoms with E-state index in [1.807, 2.05) is 11.5 Å². The normalized spacial score (nSPS) is 18.7. The van der Waals surface area contributed by atoms with Crippen LogP contribution in [0.5, 0.6) is 0 Å². The third kappa shape index (κ3) is 6.10. The Morgan fingerprint density at radius 2 is 2.32 bits per heavy atom. The van der Waals surface area contributed by atoms with Crippen LogP contribution in [-0.2, 0) is 17.9 Å². The number of aromatic nitrogens is 3. The maximum absolute atomic E-state index is 12.0. The van der Waals surface area contributed by atoms with Gasteiger partial charge in [-0.25, -0.2) is 0 Å². The fourth-order valence-corrected chi connectivity index (χ4v) is 2.75. The lowest BCUT2D eigenvalue weighted by molar-refractivity contribution is -0.122. The molecule has 0 saturated carbocycles. The molecule has 1 fully saturated rings. The van der Waals surface area contributed by atoms with Crippen LogP contribution >= 0.6 is 24.8 Å². The summed E-state index contributed by atoms with van der Waals surface area (Å²) in [5.74, 6) is 1.96. The van der Waals surface area contributed by atoms with Gasteiger partial charge in [0.05, 0.1) is 6.54 Å². The van der Waals surface area contributed by atoms with E-state index in [2.05, 4.69) is 27.8 Å². The number of carbonyl (C=O) groups is 1. The van der Waals surface area contributed by atoms with Crippen molar-refractivity contribution in [2.75, 3.05) is 13.1 Å². The molecule has 1 aliphatic heterocycles. The largest absolute Gasteiger partial charge is 0.349 e. The second-order valence-corrected chi connectivity index (χ2v) is 5.60. The van der Waals surface area contributed by atoms with Gasteiger partial charge in [0.2, 0.25) is 5.91 Å². The van der Waals surface area contributed by atoms with Gasteiger partial charge in [-0.05, 0) is 44.7 Å². The summed E-state index contributed by atoms with van der Waals surface area (Å²) in [4.78, 5) is 12.0. The highest BCUT2D eigenvalue weighted by atomic mass is 35.5. The third-order valence-electron chi connectivity index (χ3n) is 4.13. The number of rotatable bonds is 6. The third-order valence-corrected chi connectivity index (χ3v) is 4.13. The van der Waals surface area contributed by atoms with Crippen LogP contribution in [0.2, 0.25) is 0 Å². The smallest absolute Gasteiger partial charge is 0.220 e. The second kappa shape index (κ2) is 10.8. The number of amides is 1. The summed E-state index contributed by atoms with van der Waals surface area (Å²) in [6.45, 7) is 7.64. The van der Waals surface area contributed by atoms with Crippen LogP contribution < -0.4 is 10.6 Å². The number of hydrogen-bond donors (Lipinski definition) is 2. The van der Waals surface area contributed by atoms with Crippen molar-refractivity contribution in [2.45, 2.75) is 46.2 Å². The quantitative estimate of drug-likeness (QED) is 0.819. The highest BCUT2D eigenvalue weighted by Crippen LogP contribution is 2.22. The SMILES string of the molecule is CCn1cnnc1CNC(=O)CC(C)C1CCCNC1.Cl.Cl. The maximum atomic E-state index is 12.0. The van der Waals surface area contributed by atoms with Gasteiger partial charge in [-0.3, -0.25) is 4.79 Å². The predicted octanol–water partition coefficient (Wildman–Crippen LogP) is 1.78. The lowest BCUT2D eigenvalue weighted by Crippen LogP contribution is -2.35. The molecule has 0 aliphatic carbocycles. The molecule has 6 nitrogen and oxygen atoms in total. The molecule has 0 radical (unpaired) electrons. The summed E-state index contributed by atoms with van der Waals surface area (Å²) in [7, 11) is 0. The van der Waals surface area contributed by atoms with Crippen LogP contribution in [0.15, 0.2) is 6.33 Å². The van der Waals surface area contributed by atoms with Gasteiger partial charge in [0.25, 0.3) is 0 Å². The Labute approximate surface area is 144 Å². The van der Waals surface area contributed by atoms with Crippen molar-refractivity contribution in [3.63, 3.8) is 0 Å². The fraction of sp³-hybridized carbons (Fsp3) is 0.786. The molecule has 0 bridgehead atoms. The van der Waals surface area contributed by atoms with E-state index >= 15 is 0 Å². The molecule has 1 amide bonds. The Bertz CT molecular complexity index is 435. The Morgan fingerprint density at radius 3 is 2.95 bits per heavy atom. The zero-order valence-corrected chi connectivity index (χ0v) is 14.9. The highest BCUT2D eigenvalue weighted by molar-refractivity contribution is 5.85. The van der Waals surface area contributed by atoms with Crippen LogP contribution in [-0.4, -0.2) is 33.8 Å². The van der Waals surface area contributed by atoms with Crippen molar-refractivity contribution < 1.29 is 4.79 Å². The Balaban J connectivity index is 0.00000220. The monoisotopic (exact) mass is 351 g/mol. The summed E-state index contributed by atoms with van der Waals surface area (Å²) in [5.41, 5.74) is 0. The van der Waals surface area contributed by atoms with Gasteiger partial charge in [0.1, 0.15) is 6.33 Å². The standard InChI is InChI=1S/C14H25N5O.2ClH/c1-3-19-10-17-18-13(19)9-16-14(20)7-11(2)12-5-4-6-15-8-12;;/h10-12,15H,3-9H2,1-2H3,(H,16,20);2*1H. The first-order chi connectivity index (χ1) is 9.70. The topological polar surface area (TPSA) is 71.8 Å². The molecule has 2 N–H and O–H groups in total. The molecule has 1 aliphatic rings. The van der Waals surface area contributed by atoms with Gasteiger partial charge in [-0.1, -0.05) is 6.92 Å². The average molecular weight is 352 g/mol.